The van der Waals surface area contributed by atoms with Gasteiger partial charge in [0.25, 0.3) is 11.3 Å². The number of aromatic amines is 1. The molecule has 2 aromatic heterocycles. The lowest BCUT2D eigenvalue weighted by Gasteiger charge is -2.30. The van der Waals surface area contributed by atoms with Crippen molar-refractivity contribution >= 4 is 5.78 Å². The molecule has 3 N–H and O–H groups in total. The predicted octanol–water partition coefficient (Wildman–Crippen LogP) is 1.67. The lowest BCUT2D eigenvalue weighted by molar-refractivity contribution is 0.214. The first-order valence-electron chi connectivity index (χ1n) is 7.46. The van der Waals surface area contributed by atoms with Crippen LogP contribution in [0, 0.1) is 18.3 Å². The van der Waals surface area contributed by atoms with Crippen molar-refractivity contribution < 1.29 is 0 Å². The molecule has 2 aromatic rings. The fourth-order valence-corrected chi connectivity index (χ4v) is 2.67. The van der Waals surface area contributed by atoms with E-state index in [0.29, 0.717) is 23.9 Å². The van der Waals surface area contributed by atoms with Crippen molar-refractivity contribution in [2.75, 3.05) is 6.54 Å². The maximum absolute atomic E-state index is 11.8. The lowest BCUT2D eigenvalue weighted by Crippen LogP contribution is -2.24. The van der Waals surface area contributed by atoms with Crippen molar-refractivity contribution in [3.63, 3.8) is 0 Å². The Kier molecular flexibility index (Phi) is 4.46. The Hall–Kier alpha value is -1.69. The molecule has 2 rings (SSSR count). The van der Waals surface area contributed by atoms with Crippen LogP contribution in [0.2, 0.25) is 0 Å². The van der Waals surface area contributed by atoms with Crippen molar-refractivity contribution in [3.05, 3.63) is 27.9 Å². The van der Waals surface area contributed by atoms with E-state index in [-0.39, 0.29) is 11.0 Å². The van der Waals surface area contributed by atoms with E-state index in [0.717, 1.165) is 25.1 Å². The van der Waals surface area contributed by atoms with E-state index in [2.05, 4.69) is 35.8 Å². The van der Waals surface area contributed by atoms with E-state index >= 15 is 0 Å². The lowest BCUT2D eigenvalue weighted by atomic mass is 9.76. The number of nitrogens with one attached hydrogen (secondary N) is 1. The Balaban J connectivity index is 2.16. The smallest absolute Gasteiger partial charge is 0.274 e. The highest BCUT2D eigenvalue weighted by Gasteiger charge is 2.24. The third-order valence-corrected chi connectivity index (χ3v) is 3.97. The molecule has 2 heterocycles. The van der Waals surface area contributed by atoms with Crippen molar-refractivity contribution in [2.45, 2.75) is 47.0 Å². The molecule has 6 nitrogen and oxygen atoms in total. The molecule has 1 unspecified atom stereocenters. The zero-order valence-corrected chi connectivity index (χ0v) is 13.3. The van der Waals surface area contributed by atoms with Crippen LogP contribution in [0.4, 0.5) is 0 Å². The summed E-state index contributed by atoms with van der Waals surface area (Å²) in [5.41, 5.74) is 6.50. The topological polar surface area (TPSA) is 89.1 Å². The van der Waals surface area contributed by atoms with Crippen LogP contribution in [-0.2, 0) is 6.42 Å². The van der Waals surface area contributed by atoms with Gasteiger partial charge in [-0.2, -0.15) is 9.50 Å². The van der Waals surface area contributed by atoms with Crippen molar-refractivity contribution in [1.82, 2.24) is 19.6 Å². The summed E-state index contributed by atoms with van der Waals surface area (Å²) in [6.07, 6.45) is 2.79. The van der Waals surface area contributed by atoms with Gasteiger partial charge < -0.3 is 5.73 Å². The second kappa shape index (κ2) is 5.97. The molecule has 0 fully saturated rings. The van der Waals surface area contributed by atoms with Gasteiger partial charge in [0.05, 0.1) is 0 Å². The summed E-state index contributed by atoms with van der Waals surface area (Å²) in [5.74, 6) is 1.78. The average molecular weight is 291 g/mol. The quantitative estimate of drug-likeness (QED) is 0.877. The number of aromatic nitrogens is 4. The first-order valence-corrected chi connectivity index (χ1v) is 7.46. The molecule has 0 amide bonds. The van der Waals surface area contributed by atoms with Crippen molar-refractivity contribution in [1.29, 1.82) is 0 Å². The van der Waals surface area contributed by atoms with Gasteiger partial charge >= 0.3 is 0 Å². The zero-order chi connectivity index (χ0) is 15.6. The van der Waals surface area contributed by atoms with Gasteiger partial charge in [-0.15, -0.1) is 0 Å². The van der Waals surface area contributed by atoms with E-state index in [1.54, 1.807) is 6.92 Å². The van der Waals surface area contributed by atoms with E-state index in [9.17, 15) is 4.79 Å². The first-order chi connectivity index (χ1) is 9.81. The monoisotopic (exact) mass is 291 g/mol. The summed E-state index contributed by atoms with van der Waals surface area (Å²) in [6.45, 7) is 9.21. The molecule has 6 heteroatoms. The Labute approximate surface area is 124 Å². The number of rotatable bonds is 5. The molecule has 116 valence electrons. The van der Waals surface area contributed by atoms with Crippen LogP contribution >= 0.6 is 0 Å². The van der Waals surface area contributed by atoms with Gasteiger partial charge in [0.2, 0.25) is 0 Å². The Morgan fingerprint density at radius 1 is 1.33 bits per heavy atom. The third-order valence-electron chi connectivity index (χ3n) is 3.97. The number of hydrogen-bond acceptors (Lipinski definition) is 4. The molecule has 21 heavy (non-hydrogen) atoms. The Bertz CT molecular complexity index is 665. The second-order valence-electron chi connectivity index (χ2n) is 6.72. The van der Waals surface area contributed by atoms with E-state index < -0.39 is 0 Å². The number of aryl methyl sites for hydroxylation is 2. The molecule has 0 aliphatic carbocycles. The van der Waals surface area contributed by atoms with Crippen molar-refractivity contribution in [3.8, 4) is 0 Å². The van der Waals surface area contributed by atoms with Crippen LogP contribution in [0.3, 0.4) is 0 Å². The van der Waals surface area contributed by atoms with Crippen molar-refractivity contribution in [2.24, 2.45) is 17.1 Å². The van der Waals surface area contributed by atoms with Crippen LogP contribution in [-0.4, -0.2) is 26.1 Å². The predicted molar refractivity (Wildman–Crippen MR) is 83.3 cm³/mol. The number of nitrogens with two attached hydrogens (primary N) is 1. The Morgan fingerprint density at radius 3 is 2.67 bits per heavy atom. The number of nitrogens with zero attached hydrogens (tertiary/aromatic N) is 3. The molecular formula is C15H25N5O. The van der Waals surface area contributed by atoms with Crippen LogP contribution in [0.15, 0.2) is 10.9 Å². The van der Waals surface area contributed by atoms with E-state index in [1.165, 1.54) is 10.6 Å². The molecule has 0 aliphatic heterocycles. The van der Waals surface area contributed by atoms with Gasteiger partial charge in [0.1, 0.15) is 5.82 Å². The van der Waals surface area contributed by atoms with Crippen LogP contribution in [0.1, 0.15) is 45.1 Å². The fourth-order valence-electron chi connectivity index (χ4n) is 2.67. The minimum absolute atomic E-state index is 0.120. The summed E-state index contributed by atoms with van der Waals surface area (Å²) in [6, 6.07) is 1.50. The van der Waals surface area contributed by atoms with Crippen LogP contribution in [0.5, 0.6) is 0 Å². The minimum atomic E-state index is -0.120. The second-order valence-corrected chi connectivity index (χ2v) is 6.72. The SMILES string of the molecule is Cc1cc(=O)n2[nH]c(CCC(CCN)C(C)(C)C)nc2n1. The van der Waals surface area contributed by atoms with Gasteiger partial charge in [-0.1, -0.05) is 20.8 Å². The molecular weight excluding hydrogens is 266 g/mol. The number of hydrogen-bond donors (Lipinski definition) is 2. The fraction of sp³-hybridized carbons (Fsp3) is 0.667. The highest BCUT2D eigenvalue weighted by molar-refractivity contribution is 5.27. The number of H-pyrrole nitrogens is 1. The van der Waals surface area contributed by atoms with Gasteiger partial charge in [0.15, 0.2) is 0 Å². The number of fused-ring (bicyclic) bond motifs is 1. The van der Waals surface area contributed by atoms with Crippen LogP contribution < -0.4 is 11.3 Å². The average Bonchev–Trinajstić information content (AvgIpc) is 2.76. The molecule has 0 aromatic carbocycles. The Morgan fingerprint density at radius 2 is 2.05 bits per heavy atom. The highest BCUT2D eigenvalue weighted by atomic mass is 16.1. The minimum Gasteiger partial charge on any atom is -0.330 e. The van der Waals surface area contributed by atoms with E-state index in [4.69, 9.17) is 5.73 Å². The molecule has 0 radical (unpaired) electrons. The largest absolute Gasteiger partial charge is 0.330 e. The molecule has 1 atom stereocenters. The summed E-state index contributed by atoms with van der Waals surface area (Å²) in [7, 11) is 0. The molecule has 0 saturated heterocycles. The zero-order valence-electron chi connectivity index (χ0n) is 13.3. The summed E-state index contributed by atoms with van der Waals surface area (Å²) in [4.78, 5) is 20.5. The summed E-state index contributed by atoms with van der Waals surface area (Å²) in [5, 5.41) is 3.04. The van der Waals surface area contributed by atoms with Crippen LogP contribution in [0.25, 0.3) is 5.78 Å². The highest BCUT2D eigenvalue weighted by Crippen LogP contribution is 2.31. The normalized spacial score (nSPS) is 13.8. The maximum atomic E-state index is 11.8. The van der Waals surface area contributed by atoms with Gasteiger partial charge in [-0.25, -0.2) is 4.98 Å². The van der Waals surface area contributed by atoms with Gasteiger partial charge in [-0.3, -0.25) is 9.89 Å². The van der Waals surface area contributed by atoms with Gasteiger partial charge in [0, 0.05) is 18.2 Å². The molecule has 0 saturated carbocycles. The molecule has 0 spiro atoms. The first kappa shape index (κ1) is 15.7. The summed E-state index contributed by atoms with van der Waals surface area (Å²) >= 11 is 0. The summed E-state index contributed by atoms with van der Waals surface area (Å²) < 4.78 is 1.40. The maximum Gasteiger partial charge on any atom is 0.274 e. The van der Waals surface area contributed by atoms with Gasteiger partial charge in [-0.05, 0) is 37.6 Å². The molecule has 0 bridgehead atoms. The molecule has 0 aliphatic rings. The van der Waals surface area contributed by atoms with E-state index in [1.807, 2.05) is 0 Å². The third kappa shape index (κ3) is 3.69. The standard InChI is InChI=1S/C15H25N5O/c1-10-9-13(21)20-14(17-10)18-12(19-20)6-5-11(7-8-16)15(2,3)4/h9,11H,5-8,16H2,1-4H3,(H,17,18,19).